The van der Waals surface area contributed by atoms with Crippen molar-refractivity contribution >= 4 is 21.4 Å². The first kappa shape index (κ1) is 26.9. The molecule has 1 atom stereocenters. The number of nitrogens with one attached hydrogen (secondary N) is 1. The zero-order chi connectivity index (χ0) is 28.5. The first-order valence-electron chi connectivity index (χ1n) is 14.2. The van der Waals surface area contributed by atoms with Crippen molar-refractivity contribution in [3.63, 3.8) is 0 Å². The number of methoxy groups -OCH3 is 1. The molecule has 216 valence electrons. The van der Waals surface area contributed by atoms with Crippen LogP contribution in [0.5, 0.6) is 5.75 Å². The van der Waals surface area contributed by atoms with Crippen molar-refractivity contribution in [2.75, 3.05) is 41.0 Å². The molecule has 41 heavy (non-hydrogen) atoms. The molecule has 7 nitrogen and oxygen atoms in total. The van der Waals surface area contributed by atoms with E-state index in [1.807, 2.05) is 10.1 Å². The first-order valence-corrected chi connectivity index (χ1v) is 15.1. The Bertz CT molecular complexity index is 1630. The average Bonchev–Trinajstić information content (AvgIpc) is 3.52. The minimum absolute atomic E-state index is 0.0250. The summed E-state index contributed by atoms with van der Waals surface area (Å²) in [7, 11) is 5.83. The van der Waals surface area contributed by atoms with Gasteiger partial charge in [-0.05, 0) is 63.2 Å². The lowest BCUT2D eigenvalue weighted by Gasteiger charge is -2.71. The topological polar surface area (TPSA) is 64.4 Å². The Kier molecular flexibility index (Phi) is 6.46. The SMILES string of the molecule is COCCOc1cc(F)cc(F)c1-c1c(-c2cc3n(n2)C[C@@H](C)NC3)nc(C23CC(CN(C)C)(C2)C3)c2ccsc12. The van der Waals surface area contributed by atoms with E-state index in [4.69, 9.17) is 19.6 Å². The fourth-order valence-corrected chi connectivity index (χ4v) is 8.50. The molecule has 10 heteroatoms. The zero-order valence-corrected chi connectivity index (χ0v) is 24.7. The molecule has 4 aliphatic rings. The van der Waals surface area contributed by atoms with Gasteiger partial charge in [-0.2, -0.15) is 5.10 Å². The van der Waals surface area contributed by atoms with Gasteiger partial charge in [0.05, 0.1) is 30.1 Å². The quantitative estimate of drug-likeness (QED) is 0.260. The lowest BCUT2D eigenvalue weighted by atomic mass is 9.34. The number of rotatable bonds is 9. The average molecular weight is 580 g/mol. The van der Waals surface area contributed by atoms with Gasteiger partial charge in [0.25, 0.3) is 0 Å². The summed E-state index contributed by atoms with van der Waals surface area (Å²) in [4.78, 5) is 7.66. The maximum Gasteiger partial charge on any atom is 0.137 e. The van der Waals surface area contributed by atoms with Gasteiger partial charge < -0.3 is 19.7 Å². The van der Waals surface area contributed by atoms with E-state index < -0.39 is 11.6 Å². The van der Waals surface area contributed by atoms with Crippen LogP contribution in [0.15, 0.2) is 29.6 Å². The molecular weight excluding hydrogens is 544 g/mol. The van der Waals surface area contributed by atoms with Crippen LogP contribution in [0.4, 0.5) is 8.78 Å². The van der Waals surface area contributed by atoms with E-state index >= 15 is 4.39 Å². The third-order valence-corrected chi connectivity index (χ3v) is 9.83. The second kappa shape index (κ2) is 9.83. The maximum absolute atomic E-state index is 15.9. The third kappa shape index (κ3) is 4.38. The summed E-state index contributed by atoms with van der Waals surface area (Å²) in [6.07, 6.45) is 3.31. The minimum Gasteiger partial charge on any atom is -0.490 e. The van der Waals surface area contributed by atoms with Gasteiger partial charge in [0, 0.05) is 59.4 Å². The van der Waals surface area contributed by atoms with Gasteiger partial charge in [0.1, 0.15) is 35.4 Å². The molecule has 2 bridgehead atoms. The molecule has 8 rings (SSSR count). The van der Waals surface area contributed by atoms with Crippen LogP contribution < -0.4 is 10.1 Å². The number of hydrogen-bond donors (Lipinski definition) is 1. The van der Waals surface area contributed by atoms with Gasteiger partial charge >= 0.3 is 0 Å². The van der Waals surface area contributed by atoms with Gasteiger partial charge in [-0.15, -0.1) is 11.3 Å². The number of benzene rings is 1. The van der Waals surface area contributed by atoms with Crippen LogP contribution in [0.1, 0.15) is 37.6 Å². The molecule has 1 N–H and O–H groups in total. The molecule has 1 aliphatic heterocycles. The summed E-state index contributed by atoms with van der Waals surface area (Å²) in [5, 5.41) is 11.6. The lowest BCUT2D eigenvalue weighted by Crippen LogP contribution is -2.67. The molecule has 0 radical (unpaired) electrons. The molecule has 3 aromatic heterocycles. The summed E-state index contributed by atoms with van der Waals surface area (Å²) in [5.41, 5.74) is 4.66. The number of pyridine rings is 1. The highest BCUT2D eigenvalue weighted by atomic mass is 32.1. The number of hydrogen-bond acceptors (Lipinski definition) is 7. The van der Waals surface area contributed by atoms with Crippen molar-refractivity contribution in [3.05, 3.63) is 52.7 Å². The molecule has 1 aromatic carbocycles. The first-order chi connectivity index (χ1) is 19.7. The molecular formula is C31H35F2N5O2S. The highest BCUT2D eigenvalue weighted by Crippen LogP contribution is 2.74. The lowest BCUT2D eigenvalue weighted by molar-refractivity contribution is -0.152. The van der Waals surface area contributed by atoms with E-state index in [-0.39, 0.29) is 23.3 Å². The number of aromatic nitrogens is 3. The van der Waals surface area contributed by atoms with Crippen LogP contribution in [0.2, 0.25) is 0 Å². The smallest absolute Gasteiger partial charge is 0.137 e. The molecule has 0 saturated heterocycles. The number of ether oxygens (including phenoxy) is 2. The van der Waals surface area contributed by atoms with Gasteiger partial charge in [-0.1, -0.05) is 0 Å². The Morgan fingerprint density at radius 2 is 1.95 bits per heavy atom. The molecule has 3 saturated carbocycles. The number of nitrogens with zero attached hydrogens (tertiary/aromatic N) is 4. The molecule has 0 amide bonds. The summed E-state index contributed by atoms with van der Waals surface area (Å²) in [6.45, 7) is 5.12. The van der Waals surface area contributed by atoms with E-state index in [0.29, 0.717) is 41.6 Å². The van der Waals surface area contributed by atoms with Gasteiger partial charge in [0.15, 0.2) is 0 Å². The Hall–Kier alpha value is -2.92. The number of halogens is 2. The van der Waals surface area contributed by atoms with E-state index in [2.05, 4.69) is 43.4 Å². The van der Waals surface area contributed by atoms with Crippen LogP contribution in [0, 0.1) is 17.0 Å². The van der Waals surface area contributed by atoms with E-state index in [1.165, 1.54) is 6.07 Å². The van der Waals surface area contributed by atoms with E-state index in [1.54, 1.807) is 18.4 Å². The Balaban J connectivity index is 1.43. The maximum atomic E-state index is 15.9. The molecule has 3 aliphatic carbocycles. The highest BCUT2D eigenvalue weighted by molar-refractivity contribution is 7.17. The monoisotopic (exact) mass is 579 g/mol. The fraction of sp³-hybridized carbons (Fsp3) is 0.484. The minimum atomic E-state index is -0.690. The molecule has 4 heterocycles. The van der Waals surface area contributed by atoms with Crippen molar-refractivity contribution in [1.29, 1.82) is 0 Å². The largest absolute Gasteiger partial charge is 0.490 e. The van der Waals surface area contributed by atoms with Crippen molar-refractivity contribution < 1.29 is 18.3 Å². The Morgan fingerprint density at radius 3 is 2.71 bits per heavy atom. The van der Waals surface area contributed by atoms with Crippen molar-refractivity contribution in [2.45, 2.75) is 50.7 Å². The van der Waals surface area contributed by atoms with E-state index in [9.17, 15) is 4.39 Å². The van der Waals surface area contributed by atoms with Crippen LogP contribution in [0.3, 0.4) is 0 Å². The summed E-state index contributed by atoms with van der Waals surface area (Å²) >= 11 is 1.56. The van der Waals surface area contributed by atoms with Gasteiger partial charge in [0.2, 0.25) is 0 Å². The molecule has 0 unspecified atom stereocenters. The number of thiophene rings is 1. The summed E-state index contributed by atoms with van der Waals surface area (Å²) < 4.78 is 44.4. The molecule has 4 aromatic rings. The Morgan fingerprint density at radius 1 is 1.15 bits per heavy atom. The van der Waals surface area contributed by atoms with Crippen LogP contribution >= 0.6 is 11.3 Å². The number of fused-ring (bicyclic) bond motifs is 2. The van der Waals surface area contributed by atoms with Crippen molar-refractivity contribution in [2.24, 2.45) is 5.41 Å². The van der Waals surface area contributed by atoms with Gasteiger partial charge in [-0.3, -0.25) is 4.68 Å². The predicted molar refractivity (Wildman–Crippen MR) is 156 cm³/mol. The van der Waals surface area contributed by atoms with Crippen molar-refractivity contribution in [3.8, 4) is 28.3 Å². The normalized spacial score (nSPS) is 24.8. The van der Waals surface area contributed by atoms with Crippen molar-refractivity contribution in [1.82, 2.24) is 25.0 Å². The molecule has 3 fully saturated rings. The van der Waals surface area contributed by atoms with Crippen LogP contribution in [-0.4, -0.2) is 66.7 Å². The second-order valence-corrected chi connectivity index (χ2v) is 13.4. The van der Waals surface area contributed by atoms with Crippen LogP contribution in [0.25, 0.3) is 32.6 Å². The Labute approximate surface area is 242 Å². The van der Waals surface area contributed by atoms with E-state index in [0.717, 1.165) is 59.9 Å². The second-order valence-electron chi connectivity index (χ2n) is 12.5. The van der Waals surface area contributed by atoms with Crippen LogP contribution in [-0.2, 0) is 23.2 Å². The third-order valence-electron chi connectivity index (χ3n) is 8.90. The predicted octanol–water partition coefficient (Wildman–Crippen LogP) is 5.61. The summed E-state index contributed by atoms with van der Waals surface area (Å²) in [5.74, 6) is -1.23. The zero-order valence-electron chi connectivity index (χ0n) is 23.9. The fourth-order valence-electron chi connectivity index (χ4n) is 7.55. The standard InChI is InChI=1S/C31H35F2N5O2S/c1-18-13-38-20(12-34-18)11-23(36-38)27-26(25-22(33)9-19(32)10-24(25)40-7-6-39-4)28-21(5-8-41-28)29(35-27)31-14-30(15-31,16-31)17-37(2)3/h5,8-11,18,34H,6-7,12-17H2,1-4H3/t18-,30?,31?/m1/s1. The van der Waals surface area contributed by atoms with Gasteiger partial charge in [-0.25, -0.2) is 13.8 Å². The molecule has 0 spiro atoms. The summed E-state index contributed by atoms with van der Waals surface area (Å²) in [6, 6.07) is 6.62. The highest BCUT2D eigenvalue weighted by Gasteiger charge is 2.69.